The lowest BCUT2D eigenvalue weighted by Gasteiger charge is -2.09. The van der Waals surface area contributed by atoms with Crippen molar-refractivity contribution in [2.45, 2.75) is 12.8 Å². The van der Waals surface area contributed by atoms with Gasteiger partial charge in [0.05, 0.1) is 14.2 Å². The first-order valence-corrected chi connectivity index (χ1v) is 6.21. The highest BCUT2D eigenvalue weighted by atomic mass is 16.5. The van der Waals surface area contributed by atoms with Gasteiger partial charge in [-0.25, -0.2) is 0 Å². The average Bonchev–Trinajstić information content (AvgIpc) is 2.46. The van der Waals surface area contributed by atoms with Gasteiger partial charge in [0.2, 0.25) is 0 Å². The Labute approximate surface area is 113 Å². The van der Waals surface area contributed by atoms with E-state index >= 15 is 0 Å². The maximum atomic E-state index is 9.24. The molecule has 0 aliphatic carbocycles. The van der Waals surface area contributed by atoms with Crippen LogP contribution in [0.2, 0.25) is 0 Å². The summed E-state index contributed by atoms with van der Waals surface area (Å²) in [6.45, 7) is 0. The molecule has 0 spiro atoms. The van der Waals surface area contributed by atoms with Gasteiger partial charge in [0.1, 0.15) is 5.75 Å². The molecule has 2 aromatic carbocycles. The molecule has 0 aliphatic rings. The molecule has 0 saturated heterocycles. The fourth-order valence-electron chi connectivity index (χ4n) is 1.99. The molecule has 0 bridgehead atoms. The zero-order chi connectivity index (χ0) is 13.7. The van der Waals surface area contributed by atoms with Gasteiger partial charge in [0, 0.05) is 0 Å². The third-order valence-corrected chi connectivity index (χ3v) is 3.09. The molecule has 0 saturated carbocycles. The van der Waals surface area contributed by atoms with Crippen LogP contribution in [0.25, 0.3) is 0 Å². The zero-order valence-electron chi connectivity index (χ0n) is 11.2. The Hall–Kier alpha value is -2.16. The fraction of sp³-hybridized carbons (Fsp3) is 0.250. The van der Waals surface area contributed by atoms with Crippen LogP contribution in [0.15, 0.2) is 42.5 Å². The monoisotopic (exact) mass is 258 g/mol. The lowest BCUT2D eigenvalue weighted by molar-refractivity contribution is 0.354. The lowest BCUT2D eigenvalue weighted by atomic mass is 10.0. The smallest absolute Gasteiger partial charge is 0.160 e. The number of phenols is 1. The summed E-state index contributed by atoms with van der Waals surface area (Å²) >= 11 is 0. The van der Waals surface area contributed by atoms with Gasteiger partial charge >= 0.3 is 0 Å². The quantitative estimate of drug-likeness (QED) is 0.895. The van der Waals surface area contributed by atoms with Gasteiger partial charge in [-0.15, -0.1) is 0 Å². The fourth-order valence-corrected chi connectivity index (χ4v) is 1.99. The van der Waals surface area contributed by atoms with Gasteiger partial charge in [0.25, 0.3) is 0 Å². The van der Waals surface area contributed by atoms with Crippen LogP contribution >= 0.6 is 0 Å². The molecule has 100 valence electrons. The van der Waals surface area contributed by atoms with E-state index in [1.165, 1.54) is 11.1 Å². The Morgan fingerprint density at radius 2 is 1.37 bits per heavy atom. The molecule has 2 aromatic rings. The van der Waals surface area contributed by atoms with Gasteiger partial charge in [-0.05, 0) is 48.2 Å². The van der Waals surface area contributed by atoms with Crippen LogP contribution < -0.4 is 9.47 Å². The molecule has 0 aliphatic heterocycles. The van der Waals surface area contributed by atoms with Crippen molar-refractivity contribution in [1.82, 2.24) is 0 Å². The van der Waals surface area contributed by atoms with Crippen molar-refractivity contribution in [2.24, 2.45) is 0 Å². The van der Waals surface area contributed by atoms with Gasteiger partial charge < -0.3 is 14.6 Å². The van der Waals surface area contributed by atoms with Crippen molar-refractivity contribution in [2.75, 3.05) is 14.2 Å². The number of methoxy groups -OCH3 is 2. The maximum absolute atomic E-state index is 9.24. The highest BCUT2D eigenvalue weighted by molar-refractivity contribution is 5.43. The minimum atomic E-state index is 0.301. The maximum Gasteiger partial charge on any atom is 0.160 e. The second kappa shape index (κ2) is 6.14. The van der Waals surface area contributed by atoms with Crippen molar-refractivity contribution in [3.8, 4) is 17.2 Å². The summed E-state index contributed by atoms with van der Waals surface area (Å²) in [5.41, 5.74) is 2.40. The molecular formula is C16H18O3. The van der Waals surface area contributed by atoms with Gasteiger partial charge in [-0.1, -0.05) is 18.2 Å². The zero-order valence-corrected chi connectivity index (χ0v) is 11.2. The van der Waals surface area contributed by atoms with Crippen LogP contribution in [0.3, 0.4) is 0 Å². The first-order chi connectivity index (χ1) is 9.22. The highest BCUT2D eigenvalue weighted by Gasteiger charge is 2.04. The van der Waals surface area contributed by atoms with Crippen LogP contribution in [0.5, 0.6) is 17.2 Å². The summed E-state index contributed by atoms with van der Waals surface area (Å²) in [6, 6.07) is 13.3. The first kappa shape index (κ1) is 13.3. The number of phenolic OH excluding ortho intramolecular Hbond substituents is 1. The first-order valence-electron chi connectivity index (χ1n) is 6.21. The molecule has 0 atom stereocenters. The Morgan fingerprint density at radius 3 is 2.00 bits per heavy atom. The average molecular weight is 258 g/mol. The number of aryl methyl sites for hydroxylation is 2. The predicted octanol–water partition coefficient (Wildman–Crippen LogP) is 3.19. The Kier molecular flexibility index (Phi) is 4.29. The highest BCUT2D eigenvalue weighted by Crippen LogP contribution is 2.28. The summed E-state index contributed by atoms with van der Waals surface area (Å²) < 4.78 is 10.5. The predicted molar refractivity (Wildman–Crippen MR) is 75.1 cm³/mol. The number of hydrogen-bond acceptors (Lipinski definition) is 3. The second-order valence-electron chi connectivity index (χ2n) is 4.36. The minimum Gasteiger partial charge on any atom is -0.508 e. The van der Waals surface area contributed by atoms with E-state index in [0.717, 1.165) is 24.3 Å². The number of hydrogen-bond donors (Lipinski definition) is 1. The molecular weight excluding hydrogens is 240 g/mol. The van der Waals surface area contributed by atoms with Crippen LogP contribution in [-0.2, 0) is 12.8 Å². The molecule has 0 radical (unpaired) electrons. The van der Waals surface area contributed by atoms with E-state index < -0.39 is 0 Å². The van der Waals surface area contributed by atoms with Crippen LogP contribution in [0, 0.1) is 0 Å². The van der Waals surface area contributed by atoms with E-state index in [4.69, 9.17) is 9.47 Å². The topological polar surface area (TPSA) is 38.7 Å². The number of ether oxygens (including phenoxy) is 2. The van der Waals surface area contributed by atoms with Crippen LogP contribution in [-0.4, -0.2) is 19.3 Å². The summed E-state index contributed by atoms with van der Waals surface area (Å²) in [7, 11) is 3.27. The van der Waals surface area contributed by atoms with Crippen molar-refractivity contribution in [1.29, 1.82) is 0 Å². The summed E-state index contributed by atoms with van der Waals surface area (Å²) in [5.74, 6) is 1.80. The van der Waals surface area contributed by atoms with Crippen molar-refractivity contribution >= 4 is 0 Å². The summed E-state index contributed by atoms with van der Waals surface area (Å²) in [5, 5.41) is 9.24. The van der Waals surface area contributed by atoms with E-state index in [1.54, 1.807) is 26.4 Å². The van der Waals surface area contributed by atoms with Gasteiger partial charge in [-0.3, -0.25) is 0 Å². The lowest BCUT2D eigenvalue weighted by Crippen LogP contribution is -1.95. The molecule has 2 rings (SSSR count). The van der Waals surface area contributed by atoms with E-state index in [1.807, 2.05) is 30.3 Å². The number of benzene rings is 2. The Bertz CT molecular complexity index is 532. The number of rotatable bonds is 5. The molecule has 0 fully saturated rings. The SMILES string of the molecule is COc1ccc(CCc2ccc(O)cc2)cc1OC. The third-order valence-electron chi connectivity index (χ3n) is 3.09. The largest absolute Gasteiger partial charge is 0.508 e. The summed E-state index contributed by atoms with van der Waals surface area (Å²) in [6.07, 6.45) is 1.85. The van der Waals surface area contributed by atoms with Crippen molar-refractivity contribution in [3.63, 3.8) is 0 Å². The normalized spacial score (nSPS) is 10.2. The number of aromatic hydroxyl groups is 1. The molecule has 0 aromatic heterocycles. The molecule has 3 heteroatoms. The van der Waals surface area contributed by atoms with E-state index in [-0.39, 0.29) is 0 Å². The standard InChI is InChI=1S/C16H18O3/c1-18-15-10-7-13(11-16(15)19-2)4-3-12-5-8-14(17)9-6-12/h5-11,17H,3-4H2,1-2H3. The molecule has 19 heavy (non-hydrogen) atoms. The Balaban J connectivity index is 2.05. The van der Waals surface area contributed by atoms with Gasteiger partial charge in [-0.2, -0.15) is 0 Å². The Morgan fingerprint density at radius 1 is 0.789 bits per heavy atom. The third kappa shape index (κ3) is 3.41. The second-order valence-corrected chi connectivity index (χ2v) is 4.36. The molecule has 1 N–H and O–H groups in total. The van der Waals surface area contributed by atoms with Gasteiger partial charge in [0.15, 0.2) is 11.5 Å². The summed E-state index contributed by atoms with van der Waals surface area (Å²) in [4.78, 5) is 0. The van der Waals surface area contributed by atoms with E-state index in [0.29, 0.717) is 5.75 Å². The van der Waals surface area contributed by atoms with E-state index in [2.05, 4.69) is 0 Å². The van der Waals surface area contributed by atoms with E-state index in [9.17, 15) is 5.11 Å². The van der Waals surface area contributed by atoms with Crippen LogP contribution in [0.1, 0.15) is 11.1 Å². The molecule has 0 amide bonds. The minimum absolute atomic E-state index is 0.301. The van der Waals surface area contributed by atoms with Crippen molar-refractivity contribution < 1.29 is 14.6 Å². The molecule has 0 heterocycles. The molecule has 3 nitrogen and oxygen atoms in total. The van der Waals surface area contributed by atoms with Crippen LogP contribution in [0.4, 0.5) is 0 Å². The molecule has 0 unspecified atom stereocenters. The van der Waals surface area contributed by atoms with Crippen molar-refractivity contribution in [3.05, 3.63) is 53.6 Å².